The molecule has 1 aliphatic carbocycles. The molecule has 0 saturated heterocycles. The van der Waals surface area contributed by atoms with Gasteiger partial charge in [0.1, 0.15) is 12.4 Å². The Morgan fingerprint density at radius 3 is 2.50 bits per heavy atom. The summed E-state index contributed by atoms with van der Waals surface area (Å²) in [7, 11) is 0. The molecule has 0 heterocycles. The van der Waals surface area contributed by atoms with Crippen molar-refractivity contribution in [3.8, 4) is 17.6 Å². The topological polar surface area (TPSA) is 9.23 Å². The molecule has 0 radical (unpaired) electrons. The maximum absolute atomic E-state index is 5.81. The van der Waals surface area contributed by atoms with Crippen LogP contribution in [0.1, 0.15) is 24.0 Å². The summed E-state index contributed by atoms with van der Waals surface area (Å²) in [4.78, 5) is 0. The highest BCUT2D eigenvalue weighted by Gasteiger charge is 1.99. The first kappa shape index (κ1) is 15.9. The van der Waals surface area contributed by atoms with Crippen LogP contribution >= 0.6 is 0 Å². The van der Waals surface area contributed by atoms with E-state index in [0.717, 1.165) is 35.3 Å². The van der Waals surface area contributed by atoms with Crippen molar-refractivity contribution in [3.63, 3.8) is 0 Å². The van der Waals surface area contributed by atoms with E-state index in [9.17, 15) is 0 Å². The van der Waals surface area contributed by atoms with E-state index in [-0.39, 0.29) is 0 Å². The minimum Gasteiger partial charge on any atom is -0.489 e. The quantitative estimate of drug-likeness (QED) is 0.686. The molecule has 0 aliphatic heterocycles. The second-order valence-electron chi connectivity index (χ2n) is 5.67. The number of ether oxygens (including phenoxy) is 1. The third-order valence-electron chi connectivity index (χ3n) is 3.81. The fourth-order valence-corrected chi connectivity index (χ4v) is 2.44. The first-order valence-corrected chi connectivity index (χ1v) is 8.16. The highest BCUT2D eigenvalue weighted by atomic mass is 16.5. The smallest absolute Gasteiger partial charge is 0.119 e. The van der Waals surface area contributed by atoms with Gasteiger partial charge in [-0.25, -0.2) is 0 Å². The van der Waals surface area contributed by atoms with E-state index in [2.05, 4.69) is 36.6 Å². The van der Waals surface area contributed by atoms with Gasteiger partial charge < -0.3 is 4.74 Å². The number of rotatable bonds is 4. The highest BCUT2D eigenvalue weighted by molar-refractivity contribution is 5.77. The molecule has 0 spiro atoms. The lowest BCUT2D eigenvalue weighted by Gasteiger charge is -2.09. The van der Waals surface area contributed by atoms with Crippen LogP contribution in [0.2, 0.25) is 0 Å². The molecular formula is C23H20O. The van der Waals surface area contributed by atoms with Gasteiger partial charge >= 0.3 is 0 Å². The molecule has 118 valence electrons. The van der Waals surface area contributed by atoms with Gasteiger partial charge in [0, 0.05) is 11.1 Å². The molecule has 0 amide bonds. The molecule has 0 N–H and O–H groups in total. The van der Waals surface area contributed by atoms with Crippen LogP contribution in [0.5, 0.6) is 5.75 Å². The maximum Gasteiger partial charge on any atom is 0.119 e. The predicted octanol–water partition coefficient (Wildman–Crippen LogP) is 5.41. The largest absolute Gasteiger partial charge is 0.489 e. The van der Waals surface area contributed by atoms with Gasteiger partial charge in [-0.05, 0) is 48.2 Å². The Bertz CT molecular complexity index is 812. The van der Waals surface area contributed by atoms with Gasteiger partial charge in [0.25, 0.3) is 0 Å². The Kier molecular flexibility index (Phi) is 5.32. The van der Waals surface area contributed by atoms with Crippen molar-refractivity contribution in [1.82, 2.24) is 0 Å². The normalized spacial score (nSPS) is 12.8. The molecule has 0 fully saturated rings. The summed E-state index contributed by atoms with van der Waals surface area (Å²) in [5, 5.41) is 0. The second-order valence-corrected chi connectivity index (χ2v) is 5.67. The van der Waals surface area contributed by atoms with Crippen molar-refractivity contribution in [1.29, 1.82) is 0 Å². The first-order chi connectivity index (χ1) is 11.8. The lowest BCUT2D eigenvalue weighted by molar-refractivity contribution is 0.354. The summed E-state index contributed by atoms with van der Waals surface area (Å²) in [6, 6.07) is 17.9. The Balaban J connectivity index is 1.59. The Morgan fingerprint density at radius 1 is 1.00 bits per heavy atom. The van der Waals surface area contributed by atoms with Crippen molar-refractivity contribution in [2.24, 2.45) is 0 Å². The maximum atomic E-state index is 5.81. The minimum atomic E-state index is 0.617. The zero-order valence-corrected chi connectivity index (χ0v) is 13.7. The monoisotopic (exact) mass is 312 g/mol. The van der Waals surface area contributed by atoms with Gasteiger partial charge in [-0.3, -0.25) is 0 Å². The fourth-order valence-electron chi connectivity index (χ4n) is 2.44. The molecule has 2 aromatic rings. The summed E-state index contributed by atoms with van der Waals surface area (Å²) in [5.41, 5.74) is 4.08. The average molecular weight is 312 g/mol. The molecule has 0 saturated carbocycles. The molecule has 0 bridgehead atoms. The van der Waals surface area contributed by atoms with E-state index in [1.165, 1.54) is 5.57 Å². The van der Waals surface area contributed by atoms with Crippen LogP contribution in [-0.4, -0.2) is 6.61 Å². The van der Waals surface area contributed by atoms with Crippen molar-refractivity contribution in [2.75, 3.05) is 6.61 Å². The highest BCUT2D eigenvalue weighted by Crippen LogP contribution is 2.16. The predicted molar refractivity (Wildman–Crippen MR) is 101 cm³/mol. The van der Waals surface area contributed by atoms with Crippen LogP contribution in [0.15, 0.2) is 85.0 Å². The Hall–Kier alpha value is -2.98. The standard InChI is InChI=1S/C23H20O/c1-19(22-10-6-3-7-11-22)12-13-20-14-16-23(17-15-20)24-18-21-8-4-2-5-9-21/h3-4,6-11,14-17H,1-2,5,18H2. The van der Waals surface area contributed by atoms with E-state index in [0.29, 0.717) is 6.61 Å². The minimum absolute atomic E-state index is 0.617. The van der Waals surface area contributed by atoms with E-state index < -0.39 is 0 Å². The summed E-state index contributed by atoms with van der Waals surface area (Å²) >= 11 is 0. The molecule has 1 nitrogen and oxygen atoms in total. The van der Waals surface area contributed by atoms with Gasteiger partial charge in [0.2, 0.25) is 0 Å². The molecule has 0 atom stereocenters. The molecular weight excluding hydrogens is 292 g/mol. The van der Waals surface area contributed by atoms with E-state index in [1.54, 1.807) is 0 Å². The molecule has 24 heavy (non-hydrogen) atoms. The van der Waals surface area contributed by atoms with Crippen molar-refractivity contribution in [2.45, 2.75) is 12.8 Å². The van der Waals surface area contributed by atoms with Crippen LogP contribution in [0.25, 0.3) is 5.57 Å². The lowest BCUT2D eigenvalue weighted by atomic mass is 10.1. The molecule has 1 heteroatoms. The van der Waals surface area contributed by atoms with Gasteiger partial charge in [-0.1, -0.05) is 67.0 Å². The van der Waals surface area contributed by atoms with Crippen LogP contribution in [0.4, 0.5) is 0 Å². The molecule has 0 unspecified atom stereocenters. The molecule has 2 aromatic carbocycles. The van der Waals surface area contributed by atoms with Crippen molar-refractivity contribution < 1.29 is 4.74 Å². The summed E-state index contributed by atoms with van der Waals surface area (Å²) < 4.78 is 5.81. The molecule has 3 rings (SSSR count). The SMILES string of the molecule is C=C(C#Cc1ccc(OCC2=CCCC=C2)cc1)c1ccccc1. The Labute approximate surface area is 144 Å². The van der Waals surface area contributed by atoms with Gasteiger partial charge in [0.05, 0.1) is 0 Å². The van der Waals surface area contributed by atoms with E-state index >= 15 is 0 Å². The Morgan fingerprint density at radius 2 is 1.79 bits per heavy atom. The second kappa shape index (κ2) is 8.04. The van der Waals surface area contributed by atoms with Crippen molar-refractivity contribution >= 4 is 5.57 Å². The van der Waals surface area contributed by atoms with Crippen LogP contribution in [-0.2, 0) is 0 Å². The van der Waals surface area contributed by atoms with E-state index in [4.69, 9.17) is 4.74 Å². The lowest BCUT2D eigenvalue weighted by Crippen LogP contribution is -2.01. The number of benzene rings is 2. The summed E-state index contributed by atoms with van der Waals surface area (Å²) in [6.07, 6.45) is 8.80. The van der Waals surface area contributed by atoms with Crippen molar-refractivity contribution in [3.05, 3.63) is 96.1 Å². The zero-order chi connectivity index (χ0) is 16.6. The first-order valence-electron chi connectivity index (χ1n) is 8.16. The average Bonchev–Trinajstić information content (AvgIpc) is 2.67. The van der Waals surface area contributed by atoms with E-state index in [1.807, 2.05) is 54.6 Å². The fraction of sp³-hybridized carbons (Fsp3) is 0.130. The summed E-state index contributed by atoms with van der Waals surface area (Å²) in [5.74, 6) is 7.13. The zero-order valence-electron chi connectivity index (χ0n) is 13.7. The number of allylic oxidation sites excluding steroid dienone is 3. The van der Waals surface area contributed by atoms with Gasteiger partial charge in [-0.2, -0.15) is 0 Å². The number of hydrogen-bond acceptors (Lipinski definition) is 1. The van der Waals surface area contributed by atoms with Crippen LogP contribution in [0, 0.1) is 11.8 Å². The third kappa shape index (κ3) is 4.51. The molecule has 1 aliphatic rings. The molecule has 0 aromatic heterocycles. The van der Waals surface area contributed by atoms with Crippen LogP contribution < -0.4 is 4.74 Å². The number of hydrogen-bond donors (Lipinski definition) is 0. The third-order valence-corrected chi connectivity index (χ3v) is 3.81. The van der Waals surface area contributed by atoms with Gasteiger partial charge in [-0.15, -0.1) is 0 Å². The van der Waals surface area contributed by atoms with Gasteiger partial charge in [0.15, 0.2) is 0 Å². The summed E-state index contributed by atoms with van der Waals surface area (Å²) in [6.45, 7) is 4.65. The van der Waals surface area contributed by atoms with Crippen LogP contribution in [0.3, 0.4) is 0 Å².